The average Bonchev–Trinajstić information content (AvgIpc) is 0.776. The van der Waals surface area contributed by atoms with Gasteiger partial charge in [0.1, 0.15) is 195 Å². The first-order chi connectivity index (χ1) is 46.9. The topological polar surface area (TPSA) is 700 Å². The van der Waals surface area contributed by atoms with E-state index < -0.39 is 316 Å². The van der Waals surface area contributed by atoms with Crippen LogP contribution in [0.2, 0.25) is 0 Å². The van der Waals surface area contributed by atoms with Crippen LogP contribution in [0.25, 0.3) is 0 Å². The summed E-state index contributed by atoms with van der Waals surface area (Å²) in [6.45, 7) is -5.56. The lowest BCUT2D eigenvalue weighted by atomic mass is 9.94. The molecule has 8 fully saturated rings. The Hall–Kier alpha value is -3.15. The van der Waals surface area contributed by atoms with Crippen LogP contribution in [-0.4, -0.2) is 434 Å². The number of carbonyl (C=O) groups excluding carboxylic acids is 3. The molecule has 0 aliphatic carbocycles. The van der Waals surface area contributed by atoms with E-state index in [0.29, 0.717) is 0 Å². The van der Waals surface area contributed by atoms with Crippen LogP contribution >= 0.6 is 0 Å². The van der Waals surface area contributed by atoms with E-state index in [4.69, 9.17) is 71.1 Å². The van der Waals surface area contributed by atoms with Crippen molar-refractivity contribution in [3.63, 3.8) is 0 Å². The molecule has 0 aromatic heterocycles. The third-order valence-electron chi connectivity index (χ3n) is 17.9. The van der Waals surface area contributed by atoms with E-state index in [-0.39, 0.29) is 0 Å². The summed E-state index contributed by atoms with van der Waals surface area (Å²) < 4.78 is 87.9. The van der Waals surface area contributed by atoms with Crippen molar-refractivity contribution in [2.24, 2.45) is 0 Å². The second-order valence-corrected chi connectivity index (χ2v) is 24.7. The molecular weight excluding hydrogens is 1360 g/mol. The molecule has 3 amide bonds. The fraction of sp³-hybridized carbons (Fsp3) is 0.944. The fourth-order valence-electron chi connectivity index (χ4n) is 12.7. The van der Waals surface area contributed by atoms with Gasteiger partial charge in [-0.3, -0.25) is 19.6 Å². The molecule has 8 aliphatic heterocycles. The molecule has 0 spiro atoms. The van der Waals surface area contributed by atoms with Crippen molar-refractivity contribution >= 4 is 17.7 Å². The van der Waals surface area contributed by atoms with E-state index in [9.17, 15) is 132 Å². The number of amides is 3. The molecule has 0 unspecified atom stereocenters. The van der Waals surface area contributed by atoms with Gasteiger partial charge in [0.2, 0.25) is 17.7 Å². The second-order valence-electron chi connectivity index (χ2n) is 24.7. The highest BCUT2D eigenvalue weighted by Gasteiger charge is 2.60. The first-order valence-corrected chi connectivity index (χ1v) is 31.3. The molecule has 0 radical (unpaired) electrons. The maximum absolute atomic E-state index is 12.8. The molecule has 574 valence electrons. The number of aliphatic hydroxyl groups is 22. The molecule has 0 aromatic rings. The number of hydrogen-bond donors (Lipinski definition) is 26. The molecule has 8 heterocycles. The molecule has 8 saturated heterocycles. The van der Waals surface area contributed by atoms with Crippen molar-refractivity contribution in [2.75, 3.05) is 52.9 Å². The number of rotatable bonds is 26. The third-order valence-corrected chi connectivity index (χ3v) is 17.9. The largest absolute Gasteiger partial charge is 0.394 e. The van der Waals surface area contributed by atoms with Crippen LogP contribution in [0, 0.1) is 0 Å². The van der Waals surface area contributed by atoms with E-state index in [0.717, 1.165) is 20.8 Å². The predicted molar refractivity (Wildman–Crippen MR) is 301 cm³/mol. The van der Waals surface area contributed by atoms with Gasteiger partial charge >= 0.3 is 0 Å². The molecule has 0 bridgehead atoms. The Morgan fingerprint density at radius 1 is 0.283 bits per heavy atom. The van der Waals surface area contributed by atoms with Crippen LogP contribution in [0.5, 0.6) is 0 Å². The van der Waals surface area contributed by atoms with Crippen molar-refractivity contribution in [1.82, 2.24) is 16.0 Å². The van der Waals surface area contributed by atoms with Crippen molar-refractivity contribution in [3.8, 4) is 0 Å². The molecule has 45 nitrogen and oxygen atoms in total. The predicted octanol–water partition coefficient (Wildman–Crippen LogP) is -17.5. The Kier molecular flexibility index (Phi) is 29.4. The molecular formula is C54H91N3O42. The minimum Gasteiger partial charge on any atom is -0.394 e. The summed E-state index contributed by atoms with van der Waals surface area (Å²) in [5.74, 6) is -2.66. The van der Waals surface area contributed by atoms with Gasteiger partial charge in [-0.15, -0.1) is 0 Å². The Bertz CT molecular complexity index is 2530. The molecule has 26 N–H and O–H groups in total. The average molecular weight is 1450 g/mol. The van der Waals surface area contributed by atoms with Gasteiger partial charge in [0.25, 0.3) is 0 Å². The van der Waals surface area contributed by atoms with Crippen LogP contribution in [-0.2, 0) is 90.3 Å². The highest BCUT2D eigenvalue weighted by molar-refractivity contribution is 5.74. The lowest BCUT2D eigenvalue weighted by molar-refractivity contribution is -0.402. The van der Waals surface area contributed by atoms with Crippen LogP contribution in [0.15, 0.2) is 0 Å². The highest BCUT2D eigenvalue weighted by atomic mass is 17.1. The molecule has 0 saturated carbocycles. The van der Waals surface area contributed by atoms with Gasteiger partial charge in [-0.1, -0.05) is 0 Å². The summed E-state index contributed by atoms with van der Waals surface area (Å²) in [7, 11) is 0. The van der Waals surface area contributed by atoms with Crippen LogP contribution in [0.1, 0.15) is 20.8 Å². The Labute approximate surface area is 559 Å². The molecule has 45 heteroatoms. The van der Waals surface area contributed by atoms with Crippen molar-refractivity contribution in [2.45, 2.75) is 266 Å². The normalized spacial score (nSPS) is 49.2. The standard InChI is InChI=1S/C54H91N3O42/c1-12(65)55-23-30(72)40(18(7-61)85-47(23)82)95-52-39(81)44(96-54-46(35(77)28(70)17(6-60)88-54)98-49-25(57-14(3)67)32(74)42(20(9-63)90-49)94-51-38(80)36(78)43(99-83)21(10-64)91-51)29(71)22(92-52)11-84-53-45(34(76)27(69)16(5-59)87-53)97-48-24(56-13(2)66)31(73)41(19(8-62)89-48)93-50-37(79)33(75)26(68)15(4-58)86-50/h15-54,58-64,68-83H,4-11H2,1-3H3,(H,55,65)(H,56,66)(H,57,67)/t15-,16-,17-,18-,19-,20-,21-,22-,23-,24-,25-,26+,27-,28-,29-,30-,31-,32-,33+,34+,35+,36-,37-,38-,39+,40-,41-,42-,43+,44+,45+,46+,47-,48+,49+,50+,51+,52+,53+,54-/m1/s1. The summed E-state index contributed by atoms with van der Waals surface area (Å²) in [6, 6.07) is -5.50. The van der Waals surface area contributed by atoms with Crippen molar-refractivity contribution in [3.05, 3.63) is 0 Å². The lowest BCUT2D eigenvalue weighted by Crippen LogP contribution is -2.70. The van der Waals surface area contributed by atoms with E-state index >= 15 is 0 Å². The Morgan fingerprint density at radius 2 is 0.586 bits per heavy atom. The zero-order chi connectivity index (χ0) is 72.9. The SMILES string of the molecule is CC(=O)N[C@@H]1[C@@H](O)[C@H](O[C@@H]2O[C@H](CO[C@H]3O[C@H](CO)[C@@H](O)[C@H](O)[C@@H]3O[C@@H]3O[C@H](CO)[C@@H](O[C@@H]4O[C@H](CO)[C@H](O)[C@H](O)[C@H]4O)[C@H](O)[C@H]3NC(C)=O)[C@@H](O)[C@H](O[C@H]3O[C@H](CO)[C@@H](O)[C@H](O)[C@@H]3O[C@@H]3O[C@H](CO)[C@@H](O[C@@H]4O[C@H](CO)[C@H](OO)[C@H](O)[C@H]4O)[C@H](O)[C@H]3NC(C)=O)[C@@H]2O)[C@@H](CO)O[C@H]1O. The number of hydrogen-bond acceptors (Lipinski definition) is 42. The summed E-state index contributed by atoms with van der Waals surface area (Å²) in [5, 5.41) is 258. The van der Waals surface area contributed by atoms with Crippen molar-refractivity contribution < 1.29 is 208 Å². The monoisotopic (exact) mass is 1450 g/mol. The van der Waals surface area contributed by atoms with Gasteiger partial charge in [-0.05, 0) is 0 Å². The Morgan fingerprint density at radius 3 is 1.02 bits per heavy atom. The summed E-state index contributed by atoms with van der Waals surface area (Å²) in [4.78, 5) is 42.0. The molecule has 0 aromatic carbocycles. The van der Waals surface area contributed by atoms with Gasteiger partial charge in [-0.25, -0.2) is 4.89 Å². The van der Waals surface area contributed by atoms with E-state index in [1.54, 1.807) is 0 Å². The second kappa shape index (κ2) is 35.8. The molecule has 8 aliphatic rings. The van der Waals surface area contributed by atoms with E-state index in [2.05, 4.69) is 20.8 Å². The molecule has 40 atom stereocenters. The number of carbonyl (C=O) groups is 3. The zero-order valence-corrected chi connectivity index (χ0v) is 52.8. The van der Waals surface area contributed by atoms with Gasteiger partial charge in [0, 0.05) is 20.8 Å². The van der Waals surface area contributed by atoms with Crippen LogP contribution in [0.3, 0.4) is 0 Å². The first-order valence-electron chi connectivity index (χ1n) is 31.3. The van der Waals surface area contributed by atoms with Gasteiger partial charge in [0.15, 0.2) is 50.3 Å². The van der Waals surface area contributed by atoms with Gasteiger partial charge < -0.3 is 199 Å². The summed E-state index contributed by atoms with van der Waals surface area (Å²) in [5.41, 5.74) is 0. The smallest absolute Gasteiger partial charge is 0.217 e. The van der Waals surface area contributed by atoms with Gasteiger partial charge in [-0.2, -0.15) is 0 Å². The third kappa shape index (κ3) is 17.9. The maximum Gasteiger partial charge on any atom is 0.217 e. The molecule has 99 heavy (non-hydrogen) atoms. The first kappa shape index (κ1) is 81.5. The van der Waals surface area contributed by atoms with Gasteiger partial charge in [0.05, 0.1) is 52.9 Å². The zero-order valence-electron chi connectivity index (χ0n) is 52.8. The minimum atomic E-state index is -2.46. The Balaban J connectivity index is 1.10. The van der Waals surface area contributed by atoms with E-state index in [1.807, 2.05) is 0 Å². The highest BCUT2D eigenvalue weighted by Crippen LogP contribution is 2.39. The minimum absolute atomic E-state index is 0.830. The van der Waals surface area contributed by atoms with Crippen LogP contribution in [0.4, 0.5) is 0 Å². The quantitative estimate of drug-likeness (QED) is 0.0282. The van der Waals surface area contributed by atoms with Crippen LogP contribution < -0.4 is 16.0 Å². The number of nitrogens with one attached hydrogen (secondary N) is 3. The van der Waals surface area contributed by atoms with Crippen molar-refractivity contribution in [1.29, 1.82) is 0 Å². The van der Waals surface area contributed by atoms with E-state index in [1.165, 1.54) is 0 Å². The lowest BCUT2D eigenvalue weighted by Gasteiger charge is -2.51. The number of aliphatic hydroxyl groups excluding tert-OH is 22. The fourth-order valence-corrected chi connectivity index (χ4v) is 12.7. The number of ether oxygens (including phenoxy) is 15. The summed E-state index contributed by atoms with van der Waals surface area (Å²) >= 11 is 0. The maximum atomic E-state index is 12.8. The summed E-state index contributed by atoms with van der Waals surface area (Å²) in [6.07, 6.45) is -75.4. The molecule has 8 rings (SSSR count).